The first-order valence-corrected chi connectivity index (χ1v) is 10.6. The molecule has 0 fully saturated rings. The van der Waals surface area contributed by atoms with Gasteiger partial charge in [-0.3, -0.25) is 14.9 Å². The van der Waals surface area contributed by atoms with Gasteiger partial charge in [-0.15, -0.1) is 0 Å². The third kappa shape index (κ3) is 6.01. The van der Waals surface area contributed by atoms with Crippen molar-refractivity contribution in [3.05, 3.63) is 47.5 Å². The quantitative estimate of drug-likeness (QED) is 0.260. The van der Waals surface area contributed by atoms with E-state index in [9.17, 15) is 14.7 Å². The zero-order chi connectivity index (χ0) is 24.8. The molecule has 0 amide bonds. The number of nitrogens with two attached hydrogens (primary N) is 2. The molecule has 11 nitrogen and oxygen atoms in total. The van der Waals surface area contributed by atoms with E-state index >= 15 is 0 Å². The van der Waals surface area contributed by atoms with E-state index in [1.807, 2.05) is 38.2 Å². The zero-order valence-corrected chi connectivity index (χ0v) is 19.0. The van der Waals surface area contributed by atoms with E-state index in [1.54, 1.807) is 12.1 Å². The van der Waals surface area contributed by atoms with Crippen LogP contribution in [-0.2, 0) is 16.1 Å². The zero-order valence-electron chi connectivity index (χ0n) is 19.0. The monoisotopic (exact) mass is 468 g/mol. The van der Waals surface area contributed by atoms with Gasteiger partial charge in [-0.1, -0.05) is 6.07 Å². The highest BCUT2D eigenvalue weighted by Crippen LogP contribution is 2.27. The maximum atomic E-state index is 11.2. The number of rotatable bonds is 11. The summed E-state index contributed by atoms with van der Waals surface area (Å²) in [6.45, 7) is 2.54. The summed E-state index contributed by atoms with van der Waals surface area (Å²) < 4.78 is 5.56. The number of anilines is 3. The molecular formula is C23H28N6O5. The Morgan fingerprint density at radius 1 is 1.12 bits per heavy atom. The molecule has 7 N–H and O–H groups in total. The van der Waals surface area contributed by atoms with Crippen LogP contribution in [0.2, 0.25) is 0 Å². The lowest BCUT2D eigenvalue weighted by Gasteiger charge is -2.22. The summed E-state index contributed by atoms with van der Waals surface area (Å²) >= 11 is 0. The Balaban J connectivity index is 1.61. The van der Waals surface area contributed by atoms with E-state index in [2.05, 4.69) is 20.2 Å². The Bertz CT molecular complexity index is 1180. The molecule has 0 aliphatic heterocycles. The number of carboxylic acid groups (broad SMARTS) is 2. The van der Waals surface area contributed by atoms with Gasteiger partial charge in [0.15, 0.2) is 0 Å². The summed E-state index contributed by atoms with van der Waals surface area (Å²) in [4.78, 5) is 32.3. The molecule has 0 spiro atoms. The largest absolute Gasteiger partial charge is 0.481 e. The van der Waals surface area contributed by atoms with Crippen LogP contribution in [0.5, 0.6) is 5.75 Å². The molecular weight excluding hydrogens is 440 g/mol. The average molecular weight is 469 g/mol. The van der Waals surface area contributed by atoms with Crippen LogP contribution in [0.25, 0.3) is 10.9 Å². The second-order valence-corrected chi connectivity index (χ2v) is 7.88. The molecule has 0 aliphatic rings. The highest BCUT2D eigenvalue weighted by atomic mass is 16.5. The molecule has 3 aromatic rings. The average Bonchev–Trinajstić information content (AvgIpc) is 2.77. The van der Waals surface area contributed by atoms with Gasteiger partial charge in [0, 0.05) is 31.1 Å². The van der Waals surface area contributed by atoms with Crippen molar-refractivity contribution in [2.24, 2.45) is 0 Å². The number of nitrogen functional groups attached to an aromatic ring is 2. The highest BCUT2D eigenvalue weighted by Gasteiger charge is 2.18. The molecule has 1 atom stereocenters. The van der Waals surface area contributed by atoms with E-state index in [0.717, 1.165) is 22.2 Å². The van der Waals surface area contributed by atoms with E-state index < -0.39 is 18.0 Å². The third-order valence-electron chi connectivity index (χ3n) is 5.48. The molecule has 1 unspecified atom stereocenters. The molecule has 0 saturated carbocycles. The maximum absolute atomic E-state index is 11.2. The molecule has 2 aromatic carbocycles. The van der Waals surface area contributed by atoms with Gasteiger partial charge >= 0.3 is 11.9 Å². The number of aryl methyl sites for hydroxylation is 1. The first kappa shape index (κ1) is 24.5. The van der Waals surface area contributed by atoms with Gasteiger partial charge in [0.1, 0.15) is 24.3 Å². The van der Waals surface area contributed by atoms with Crippen molar-refractivity contribution in [1.82, 2.24) is 15.3 Å². The van der Waals surface area contributed by atoms with Crippen LogP contribution in [-0.4, -0.2) is 51.9 Å². The number of nitrogens with one attached hydrogen (secondary N) is 1. The van der Waals surface area contributed by atoms with Crippen LogP contribution in [0.4, 0.5) is 17.5 Å². The molecule has 0 aliphatic carbocycles. The highest BCUT2D eigenvalue weighted by molar-refractivity contribution is 5.92. The number of aromatic nitrogens is 2. The van der Waals surface area contributed by atoms with Gasteiger partial charge in [0.2, 0.25) is 5.95 Å². The summed E-state index contributed by atoms with van der Waals surface area (Å²) in [6.07, 6.45) is -0.271. The summed E-state index contributed by atoms with van der Waals surface area (Å²) in [5.41, 5.74) is 15.5. The van der Waals surface area contributed by atoms with Crippen molar-refractivity contribution in [3.63, 3.8) is 0 Å². The molecule has 180 valence electrons. The number of carboxylic acids is 2. The molecule has 0 saturated heterocycles. The molecule has 34 heavy (non-hydrogen) atoms. The fraction of sp³-hybridized carbons (Fsp3) is 0.304. The Morgan fingerprint density at radius 2 is 1.82 bits per heavy atom. The van der Waals surface area contributed by atoms with Crippen molar-refractivity contribution in [2.75, 3.05) is 30.1 Å². The predicted octanol–water partition coefficient (Wildman–Crippen LogP) is 1.98. The molecule has 1 aromatic heterocycles. The summed E-state index contributed by atoms with van der Waals surface area (Å²) in [5, 5.41) is 21.4. The Hall–Kier alpha value is -4.12. The molecule has 11 heteroatoms. The van der Waals surface area contributed by atoms with Gasteiger partial charge in [0.25, 0.3) is 0 Å². The smallest absolute Gasteiger partial charge is 0.320 e. The number of nitrogens with zero attached hydrogens (tertiary/aromatic N) is 3. The van der Waals surface area contributed by atoms with E-state index in [0.29, 0.717) is 23.6 Å². The number of aliphatic carboxylic acids is 2. The topological polar surface area (TPSA) is 177 Å². The fourth-order valence-corrected chi connectivity index (χ4v) is 3.61. The fourth-order valence-electron chi connectivity index (χ4n) is 3.61. The lowest BCUT2D eigenvalue weighted by atomic mass is 10.0. The van der Waals surface area contributed by atoms with Gasteiger partial charge in [0.05, 0.1) is 5.52 Å². The van der Waals surface area contributed by atoms with Gasteiger partial charge in [-0.25, -0.2) is 4.98 Å². The first-order valence-electron chi connectivity index (χ1n) is 10.6. The minimum atomic E-state index is -1.12. The van der Waals surface area contributed by atoms with Crippen molar-refractivity contribution in [2.45, 2.75) is 32.4 Å². The van der Waals surface area contributed by atoms with Crippen molar-refractivity contribution in [1.29, 1.82) is 0 Å². The standard InChI is InChI=1S/C23H28N6O5/c1-13-14(3-8-17-20(13)21(24)28-23(25)27-17)11-29(2)15-4-6-16(7-5-15)34-12-26-18(22(32)33)9-10-19(30)31/h3-8,18,26H,9-12H2,1-2H3,(H,30,31)(H,32,33)(H4,24,25,27,28). The van der Waals surface area contributed by atoms with Crippen LogP contribution in [0.15, 0.2) is 36.4 Å². The number of hydrogen-bond acceptors (Lipinski definition) is 9. The number of ether oxygens (including phenoxy) is 1. The lowest BCUT2D eigenvalue weighted by Crippen LogP contribution is -2.39. The second kappa shape index (κ2) is 10.7. The minimum Gasteiger partial charge on any atom is -0.481 e. The van der Waals surface area contributed by atoms with Crippen LogP contribution in [0, 0.1) is 6.92 Å². The Labute approximate surface area is 196 Å². The van der Waals surface area contributed by atoms with Gasteiger partial charge in [-0.2, -0.15) is 4.98 Å². The summed E-state index contributed by atoms with van der Waals surface area (Å²) in [7, 11) is 1.96. The normalized spacial score (nSPS) is 11.8. The van der Waals surface area contributed by atoms with Crippen LogP contribution >= 0.6 is 0 Å². The maximum Gasteiger partial charge on any atom is 0.320 e. The summed E-state index contributed by atoms with van der Waals surface area (Å²) in [6, 6.07) is 10.2. The molecule has 1 heterocycles. The number of benzene rings is 2. The predicted molar refractivity (Wildman–Crippen MR) is 129 cm³/mol. The van der Waals surface area contributed by atoms with Crippen molar-refractivity contribution >= 4 is 40.3 Å². The van der Waals surface area contributed by atoms with Crippen molar-refractivity contribution in [3.8, 4) is 5.75 Å². The minimum absolute atomic E-state index is 0.0306. The molecule has 0 bridgehead atoms. The molecule has 0 radical (unpaired) electrons. The summed E-state index contributed by atoms with van der Waals surface area (Å²) in [5.74, 6) is -1.12. The Kier molecular flexibility index (Phi) is 7.69. The third-order valence-corrected chi connectivity index (χ3v) is 5.48. The van der Waals surface area contributed by atoms with Gasteiger partial charge < -0.3 is 31.3 Å². The van der Waals surface area contributed by atoms with Crippen LogP contribution in [0.3, 0.4) is 0 Å². The number of fused-ring (bicyclic) bond motifs is 1. The van der Waals surface area contributed by atoms with E-state index in [-0.39, 0.29) is 25.5 Å². The first-order chi connectivity index (χ1) is 16.2. The van der Waals surface area contributed by atoms with Crippen LogP contribution < -0.4 is 26.4 Å². The number of carbonyl (C=O) groups is 2. The Morgan fingerprint density at radius 3 is 2.47 bits per heavy atom. The lowest BCUT2D eigenvalue weighted by molar-refractivity contribution is -0.141. The number of hydrogen-bond donors (Lipinski definition) is 5. The SMILES string of the molecule is Cc1c(CN(C)c2ccc(OCNC(CCC(=O)O)C(=O)O)cc2)ccc2nc(N)nc(N)c12. The van der Waals surface area contributed by atoms with Gasteiger partial charge in [-0.05, 0) is 54.8 Å². The van der Waals surface area contributed by atoms with E-state index in [4.69, 9.17) is 21.3 Å². The van der Waals surface area contributed by atoms with Crippen molar-refractivity contribution < 1.29 is 24.5 Å². The van der Waals surface area contributed by atoms with Crippen LogP contribution in [0.1, 0.15) is 24.0 Å². The van der Waals surface area contributed by atoms with E-state index in [1.165, 1.54) is 0 Å². The second-order valence-electron chi connectivity index (χ2n) is 7.88. The molecule has 3 rings (SSSR count).